The van der Waals surface area contributed by atoms with E-state index in [4.69, 9.17) is 4.98 Å². The molecule has 0 unspecified atom stereocenters. The van der Waals surface area contributed by atoms with Crippen molar-refractivity contribution < 1.29 is 0 Å². The van der Waals surface area contributed by atoms with Crippen molar-refractivity contribution >= 4 is 89.0 Å². The lowest BCUT2D eigenvalue weighted by Gasteiger charge is -2.41. The molecule has 0 saturated carbocycles. The van der Waals surface area contributed by atoms with Crippen molar-refractivity contribution in [1.29, 1.82) is 0 Å². The number of benzene rings is 10. The number of fused-ring (bicyclic) bond motifs is 16. The summed E-state index contributed by atoms with van der Waals surface area (Å²) in [5.74, 6) is 0. The number of pyridine rings is 2. The van der Waals surface area contributed by atoms with E-state index in [2.05, 4.69) is 250 Å². The largest absolute Gasteiger partial charge is 0.309 e. The van der Waals surface area contributed by atoms with E-state index >= 15 is 0 Å². The predicted octanol–water partition coefficient (Wildman–Crippen LogP) is 19.5. The Hall–Kier alpha value is -8.51. The van der Waals surface area contributed by atoms with E-state index in [1.54, 1.807) is 0 Å². The van der Waals surface area contributed by atoms with Gasteiger partial charge in [-0.05, 0) is 195 Å². The summed E-state index contributed by atoms with van der Waals surface area (Å²) in [6.45, 7) is 13.7. The van der Waals surface area contributed by atoms with E-state index < -0.39 is 5.41 Å². The normalized spacial score (nSPS) is 13.4. The molecule has 366 valence electrons. The van der Waals surface area contributed by atoms with Crippen LogP contribution in [0.5, 0.6) is 0 Å². The molecule has 14 rings (SSSR count). The van der Waals surface area contributed by atoms with Crippen LogP contribution in [0.15, 0.2) is 241 Å². The maximum atomic E-state index is 4.71. The van der Waals surface area contributed by atoms with Crippen LogP contribution in [0.4, 0.5) is 34.1 Å². The highest BCUT2D eigenvalue weighted by Gasteiger charge is 2.52. The number of nitrogens with zero attached hydrogens (tertiary/aromatic N) is 4. The van der Waals surface area contributed by atoms with Gasteiger partial charge in [-0.1, -0.05) is 162 Å². The van der Waals surface area contributed by atoms with Gasteiger partial charge in [0.2, 0.25) is 0 Å². The second kappa shape index (κ2) is 17.3. The highest BCUT2D eigenvalue weighted by molar-refractivity contribution is 7.99. The van der Waals surface area contributed by atoms with Gasteiger partial charge < -0.3 is 9.80 Å². The third-order valence-electron chi connectivity index (χ3n) is 16.1. The maximum absolute atomic E-state index is 4.71. The average molecular weight is 997 g/mol. The molecule has 0 atom stereocenters. The van der Waals surface area contributed by atoms with E-state index in [0.29, 0.717) is 0 Å². The Morgan fingerprint density at radius 2 is 0.829 bits per heavy atom. The predicted molar refractivity (Wildman–Crippen MR) is 320 cm³/mol. The first-order valence-corrected chi connectivity index (χ1v) is 27.2. The van der Waals surface area contributed by atoms with Gasteiger partial charge >= 0.3 is 0 Å². The van der Waals surface area contributed by atoms with Crippen molar-refractivity contribution in [3.05, 3.63) is 264 Å². The Labute approximate surface area is 449 Å². The number of hydrogen-bond donors (Lipinski definition) is 0. The summed E-state index contributed by atoms with van der Waals surface area (Å²) in [6, 6.07) is 78.0. The zero-order valence-electron chi connectivity index (χ0n) is 43.6. The topological polar surface area (TPSA) is 32.3 Å². The molecule has 0 saturated heterocycles. The standard InChI is InChI=1S/C71H56N4S/c1-69(2,3)49-23-27-51(28-24-49)74(55-19-13-35-72-43-55)53-31-33-59-61(41-53)57-21-11-12-22-58(57)67-60-34-32-54(75(56-20-14-36-73-44-56)52-29-25-50(26-30-52)70(4,5)6)42-62(60)71(68(59)67)63-37-45-15-7-9-17-47(45)39-65(63)76-66-40-48-18-10-8-16-46(48)38-64(66)71/h7-44H,1-6H3. The number of rotatable bonds is 6. The van der Waals surface area contributed by atoms with Gasteiger partial charge in [-0.3, -0.25) is 9.97 Å². The SMILES string of the molecule is CC(C)(C)c1ccc(N(c2cccnc2)c2ccc3c(c2)C2(c4cc5ccccc5cc4Sc4cc5ccccc5cc42)c2c-3c3ccccc3c3cc(N(c4ccc(C(C)(C)C)cc4)c4cccnc4)ccc23)cc1. The highest BCUT2D eigenvalue weighted by Crippen LogP contribution is 2.66. The molecule has 10 aromatic carbocycles. The second-order valence-electron chi connectivity index (χ2n) is 22.7. The molecule has 0 fully saturated rings. The molecule has 2 aromatic heterocycles. The molecule has 3 heterocycles. The molecular weight excluding hydrogens is 941 g/mol. The third kappa shape index (κ3) is 7.20. The van der Waals surface area contributed by atoms with Crippen molar-refractivity contribution in [2.24, 2.45) is 0 Å². The lowest BCUT2D eigenvalue weighted by molar-refractivity contribution is 0.590. The molecule has 5 heteroatoms. The van der Waals surface area contributed by atoms with Crippen LogP contribution < -0.4 is 9.80 Å². The zero-order chi connectivity index (χ0) is 51.5. The van der Waals surface area contributed by atoms with Gasteiger partial charge in [0.25, 0.3) is 0 Å². The third-order valence-corrected chi connectivity index (χ3v) is 17.2. The molecule has 2 aliphatic rings. The maximum Gasteiger partial charge on any atom is 0.0742 e. The summed E-state index contributed by atoms with van der Waals surface area (Å²) in [6.07, 6.45) is 7.68. The Kier molecular flexibility index (Phi) is 10.5. The first-order valence-electron chi connectivity index (χ1n) is 26.4. The molecule has 4 nitrogen and oxygen atoms in total. The highest BCUT2D eigenvalue weighted by atomic mass is 32.2. The molecule has 0 bridgehead atoms. The Morgan fingerprint density at radius 3 is 1.33 bits per heavy atom. The van der Waals surface area contributed by atoms with Crippen molar-refractivity contribution in [2.75, 3.05) is 9.80 Å². The summed E-state index contributed by atoms with van der Waals surface area (Å²) >= 11 is 1.91. The van der Waals surface area contributed by atoms with Gasteiger partial charge in [-0.15, -0.1) is 0 Å². The van der Waals surface area contributed by atoms with Crippen molar-refractivity contribution in [1.82, 2.24) is 9.97 Å². The van der Waals surface area contributed by atoms with E-state index in [0.717, 1.165) is 34.1 Å². The Bertz CT molecular complexity index is 4180. The first kappa shape index (κ1) is 46.1. The van der Waals surface area contributed by atoms with Crippen LogP contribution in [-0.4, -0.2) is 9.97 Å². The van der Waals surface area contributed by atoms with Crippen LogP contribution in [0.1, 0.15) is 74.9 Å². The van der Waals surface area contributed by atoms with Crippen LogP contribution in [0.3, 0.4) is 0 Å². The van der Waals surface area contributed by atoms with Gasteiger partial charge in [0, 0.05) is 44.9 Å². The summed E-state index contributed by atoms with van der Waals surface area (Å²) < 4.78 is 0. The zero-order valence-corrected chi connectivity index (χ0v) is 44.5. The van der Waals surface area contributed by atoms with Gasteiger partial charge in [-0.2, -0.15) is 0 Å². The minimum atomic E-state index is -0.753. The molecule has 1 spiro atoms. The van der Waals surface area contributed by atoms with Crippen LogP contribution in [0.2, 0.25) is 0 Å². The van der Waals surface area contributed by atoms with Crippen LogP contribution in [-0.2, 0) is 16.2 Å². The Balaban J connectivity index is 1.11. The monoisotopic (exact) mass is 996 g/mol. The van der Waals surface area contributed by atoms with E-state index in [1.807, 2.05) is 48.7 Å². The molecule has 0 radical (unpaired) electrons. The fraction of sp³-hybridized carbons (Fsp3) is 0.127. The van der Waals surface area contributed by atoms with Gasteiger partial charge in [0.05, 0.1) is 29.2 Å². The van der Waals surface area contributed by atoms with Crippen LogP contribution in [0.25, 0.3) is 54.2 Å². The summed E-state index contributed by atoms with van der Waals surface area (Å²) in [7, 11) is 0. The van der Waals surface area contributed by atoms with Gasteiger partial charge in [0.15, 0.2) is 0 Å². The smallest absolute Gasteiger partial charge is 0.0742 e. The number of anilines is 6. The molecule has 76 heavy (non-hydrogen) atoms. The molecule has 0 N–H and O–H groups in total. The molecular formula is C71H56N4S. The fourth-order valence-electron chi connectivity index (χ4n) is 12.4. The van der Waals surface area contributed by atoms with Gasteiger partial charge in [-0.25, -0.2) is 0 Å². The number of aromatic nitrogens is 2. The first-order chi connectivity index (χ1) is 36.9. The molecule has 1 aliphatic carbocycles. The summed E-state index contributed by atoms with van der Waals surface area (Å²) in [4.78, 5) is 16.7. The van der Waals surface area contributed by atoms with Crippen molar-refractivity contribution in [2.45, 2.75) is 67.6 Å². The van der Waals surface area contributed by atoms with Crippen LogP contribution >= 0.6 is 11.8 Å². The molecule has 12 aromatic rings. The minimum absolute atomic E-state index is 0.0125. The second-order valence-corrected chi connectivity index (χ2v) is 23.8. The Morgan fingerprint density at radius 1 is 0.368 bits per heavy atom. The minimum Gasteiger partial charge on any atom is -0.309 e. The van der Waals surface area contributed by atoms with E-state index in [1.165, 1.54) is 97.4 Å². The summed E-state index contributed by atoms with van der Waals surface area (Å²) in [5.41, 5.74) is 15.9. The fourth-order valence-corrected chi connectivity index (χ4v) is 13.7. The van der Waals surface area contributed by atoms with Crippen molar-refractivity contribution in [3.63, 3.8) is 0 Å². The lowest BCUT2D eigenvalue weighted by Crippen LogP contribution is -2.32. The molecule has 1 aliphatic heterocycles. The summed E-state index contributed by atoms with van der Waals surface area (Å²) in [5, 5.41) is 9.82. The van der Waals surface area contributed by atoms with E-state index in [9.17, 15) is 0 Å². The lowest BCUT2D eigenvalue weighted by atomic mass is 9.65. The number of hydrogen-bond acceptors (Lipinski definition) is 5. The van der Waals surface area contributed by atoms with Gasteiger partial charge in [0.1, 0.15) is 0 Å². The van der Waals surface area contributed by atoms with Crippen molar-refractivity contribution in [3.8, 4) is 11.1 Å². The quantitative estimate of drug-likeness (QED) is 0.155. The molecule has 0 amide bonds. The average Bonchev–Trinajstić information content (AvgIpc) is 3.88. The van der Waals surface area contributed by atoms with E-state index in [-0.39, 0.29) is 10.8 Å². The van der Waals surface area contributed by atoms with Crippen LogP contribution in [0, 0.1) is 0 Å².